The van der Waals surface area contributed by atoms with E-state index in [1.54, 1.807) is 19.1 Å². The van der Waals surface area contributed by atoms with Crippen molar-refractivity contribution < 1.29 is 14.2 Å². The van der Waals surface area contributed by atoms with Crippen LogP contribution in [0.4, 0.5) is 10.1 Å². The van der Waals surface area contributed by atoms with Crippen molar-refractivity contribution in [1.29, 1.82) is 0 Å². The Morgan fingerprint density at radius 1 is 1.20 bits per heavy atom. The van der Waals surface area contributed by atoms with E-state index in [0.29, 0.717) is 23.5 Å². The topological polar surface area (TPSA) is 41.5 Å². The monoisotopic (exact) mass is 275 g/mol. The van der Waals surface area contributed by atoms with E-state index in [4.69, 9.17) is 4.74 Å². The number of rotatable bonds is 6. The standard InChI is InChI=1S/C16H18FNO2/c1-12-7-8-13(9-16(12)17)18-10-14(19)11-20-15-5-3-2-4-6-15/h2-9,14,18-19H,10-11H2,1H3. The highest BCUT2D eigenvalue weighted by molar-refractivity contribution is 5.45. The van der Waals surface area contributed by atoms with Gasteiger partial charge in [-0.3, -0.25) is 0 Å². The molecule has 2 N–H and O–H groups in total. The number of halogens is 1. The fraction of sp³-hybridized carbons (Fsp3) is 0.250. The molecule has 1 unspecified atom stereocenters. The average molecular weight is 275 g/mol. The summed E-state index contributed by atoms with van der Waals surface area (Å²) >= 11 is 0. The van der Waals surface area contributed by atoms with Gasteiger partial charge in [-0.25, -0.2) is 4.39 Å². The van der Waals surface area contributed by atoms with Gasteiger partial charge in [0, 0.05) is 12.2 Å². The summed E-state index contributed by atoms with van der Waals surface area (Å²) < 4.78 is 18.8. The molecule has 0 saturated carbocycles. The lowest BCUT2D eigenvalue weighted by Crippen LogP contribution is -2.26. The van der Waals surface area contributed by atoms with Crippen LogP contribution in [0, 0.1) is 12.7 Å². The van der Waals surface area contributed by atoms with Crippen molar-refractivity contribution in [3.05, 3.63) is 59.9 Å². The molecule has 2 aromatic rings. The van der Waals surface area contributed by atoms with Crippen LogP contribution < -0.4 is 10.1 Å². The Morgan fingerprint density at radius 2 is 1.95 bits per heavy atom. The van der Waals surface area contributed by atoms with Gasteiger partial charge in [-0.2, -0.15) is 0 Å². The van der Waals surface area contributed by atoms with Crippen LogP contribution in [0.3, 0.4) is 0 Å². The number of ether oxygens (including phenoxy) is 1. The highest BCUT2D eigenvalue weighted by Gasteiger charge is 2.06. The van der Waals surface area contributed by atoms with Crippen molar-refractivity contribution in [2.75, 3.05) is 18.5 Å². The van der Waals surface area contributed by atoms with Crippen molar-refractivity contribution in [3.8, 4) is 5.75 Å². The van der Waals surface area contributed by atoms with E-state index in [1.807, 2.05) is 30.3 Å². The van der Waals surface area contributed by atoms with Gasteiger partial charge in [0.2, 0.25) is 0 Å². The van der Waals surface area contributed by atoms with Crippen LogP contribution in [-0.4, -0.2) is 24.4 Å². The smallest absolute Gasteiger partial charge is 0.128 e. The molecule has 2 rings (SSSR count). The van der Waals surface area contributed by atoms with Gasteiger partial charge in [0.05, 0.1) is 0 Å². The van der Waals surface area contributed by atoms with E-state index in [0.717, 1.165) is 0 Å². The van der Waals surface area contributed by atoms with Gasteiger partial charge >= 0.3 is 0 Å². The second-order valence-electron chi connectivity index (χ2n) is 4.62. The third kappa shape index (κ3) is 4.24. The first-order valence-electron chi connectivity index (χ1n) is 6.51. The number of hydrogen-bond donors (Lipinski definition) is 2. The number of hydrogen-bond acceptors (Lipinski definition) is 3. The number of aliphatic hydroxyl groups is 1. The molecule has 4 heteroatoms. The van der Waals surface area contributed by atoms with E-state index in [-0.39, 0.29) is 12.4 Å². The summed E-state index contributed by atoms with van der Waals surface area (Å²) in [6.07, 6.45) is -0.667. The lowest BCUT2D eigenvalue weighted by molar-refractivity contribution is 0.117. The molecule has 106 valence electrons. The number of benzene rings is 2. The van der Waals surface area contributed by atoms with Crippen molar-refractivity contribution in [1.82, 2.24) is 0 Å². The highest BCUT2D eigenvalue weighted by atomic mass is 19.1. The summed E-state index contributed by atoms with van der Waals surface area (Å²) in [5, 5.41) is 12.8. The summed E-state index contributed by atoms with van der Waals surface area (Å²) in [5.74, 6) is 0.456. The molecule has 3 nitrogen and oxygen atoms in total. The van der Waals surface area contributed by atoms with E-state index in [1.165, 1.54) is 6.07 Å². The molecule has 0 saturated heterocycles. The van der Waals surface area contributed by atoms with Gasteiger partial charge in [-0.15, -0.1) is 0 Å². The zero-order chi connectivity index (χ0) is 14.4. The first-order valence-corrected chi connectivity index (χ1v) is 6.51. The minimum Gasteiger partial charge on any atom is -0.491 e. The third-order valence-corrected chi connectivity index (χ3v) is 2.90. The number of anilines is 1. The number of aryl methyl sites for hydroxylation is 1. The predicted molar refractivity (Wildman–Crippen MR) is 77.6 cm³/mol. The SMILES string of the molecule is Cc1ccc(NCC(O)COc2ccccc2)cc1F. The summed E-state index contributed by atoms with van der Waals surface area (Å²) in [4.78, 5) is 0. The Kier molecular flexibility index (Phi) is 4.96. The maximum Gasteiger partial charge on any atom is 0.128 e. The molecule has 0 spiro atoms. The molecule has 1 atom stereocenters. The van der Waals surface area contributed by atoms with Crippen LogP contribution in [0.15, 0.2) is 48.5 Å². The van der Waals surface area contributed by atoms with Gasteiger partial charge in [-0.05, 0) is 36.8 Å². The fourth-order valence-electron chi connectivity index (χ4n) is 1.71. The Labute approximate surface area is 118 Å². The third-order valence-electron chi connectivity index (χ3n) is 2.90. The van der Waals surface area contributed by atoms with Gasteiger partial charge in [0.15, 0.2) is 0 Å². The minimum absolute atomic E-state index is 0.186. The van der Waals surface area contributed by atoms with Crippen LogP contribution in [0.2, 0.25) is 0 Å². The molecule has 0 aliphatic rings. The molecule has 0 fully saturated rings. The number of nitrogens with one attached hydrogen (secondary N) is 1. The fourth-order valence-corrected chi connectivity index (χ4v) is 1.71. The first-order chi connectivity index (χ1) is 9.65. The molecular formula is C16H18FNO2. The maximum absolute atomic E-state index is 13.3. The van der Waals surface area contributed by atoms with Gasteiger partial charge < -0.3 is 15.2 Å². The van der Waals surface area contributed by atoms with E-state index in [2.05, 4.69) is 5.32 Å². The van der Waals surface area contributed by atoms with Crippen LogP contribution in [0.5, 0.6) is 5.75 Å². The normalized spacial score (nSPS) is 11.9. The molecule has 20 heavy (non-hydrogen) atoms. The number of para-hydroxylation sites is 1. The quantitative estimate of drug-likeness (QED) is 0.851. The average Bonchev–Trinajstić information content (AvgIpc) is 2.47. The van der Waals surface area contributed by atoms with E-state index < -0.39 is 6.10 Å². The molecule has 0 aliphatic carbocycles. The van der Waals surface area contributed by atoms with Crippen molar-refractivity contribution in [2.24, 2.45) is 0 Å². The largest absolute Gasteiger partial charge is 0.491 e. The summed E-state index contributed by atoms with van der Waals surface area (Å²) in [6, 6.07) is 14.2. The molecule has 0 bridgehead atoms. The molecular weight excluding hydrogens is 257 g/mol. The molecule has 0 heterocycles. The minimum atomic E-state index is -0.667. The number of aliphatic hydroxyl groups excluding tert-OH is 1. The van der Waals surface area contributed by atoms with Gasteiger partial charge in [0.25, 0.3) is 0 Å². The van der Waals surface area contributed by atoms with Crippen LogP contribution in [0.25, 0.3) is 0 Å². The van der Waals surface area contributed by atoms with Gasteiger partial charge in [0.1, 0.15) is 24.3 Å². The zero-order valence-electron chi connectivity index (χ0n) is 11.3. The van der Waals surface area contributed by atoms with Crippen molar-refractivity contribution in [2.45, 2.75) is 13.0 Å². The summed E-state index contributed by atoms with van der Waals surface area (Å²) in [6.45, 7) is 2.20. The Balaban J connectivity index is 1.77. The zero-order valence-corrected chi connectivity index (χ0v) is 11.3. The molecule has 2 aromatic carbocycles. The maximum atomic E-state index is 13.3. The highest BCUT2D eigenvalue weighted by Crippen LogP contribution is 2.13. The van der Waals surface area contributed by atoms with Gasteiger partial charge in [-0.1, -0.05) is 24.3 Å². The van der Waals surface area contributed by atoms with Crippen LogP contribution in [0.1, 0.15) is 5.56 Å². The van der Waals surface area contributed by atoms with Crippen molar-refractivity contribution in [3.63, 3.8) is 0 Å². The van der Waals surface area contributed by atoms with E-state index >= 15 is 0 Å². The first kappa shape index (κ1) is 14.3. The summed E-state index contributed by atoms with van der Waals surface area (Å²) in [7, 11) is 0. The van der Waals surface area contributed by atoms with E-state index in [9.17, 15) is 9.50 Å². The molecule has 0 aliphatic heterocycles. The van der Waals surface area contributed by atoms with Crippen molar-refractivity contribution >= 4 is 5.69 Å². The van der Waals surface area contributed by atoms with Crippen LogP contribution >= 0.6 is 0 Å². The predicted octanol–water partition coefficient (Wildman–Crippen LogP) is 2.99. The second-order valence-corrected chi connectivity index (χ2v) is 4.62. The molecule has 0 radical (unpaired) electrons. The Bertz CT molecular complexity index is 545. The Morgan fingerprint density at radius 3 is 2.65 bits per heavy atom. The summed E-state index contributed by atoms with van der Waals surface area (Å²) in [5.41, 5.74) is 1.25. The second kappa shape index (κ2) is 6.91. The lowest BCUT2D eigenvalue weighted by atomic mass is 10.2. The Hall–Kier alpha value is -2.07. The lowest BCUT2D eigenvalue weighted by Gasteiger charge is -2.14. The van der Waals surface area contributed by atoms with Crippen LogP contribution in [-0.2, 0) is 0 Å². The molecule has 0 aromatic heterocycles. The molecule has 0 amide bonds.